The number of aliphatic imine (C=N–C) groups is 1. The van der Waals surface area contributed by atoms with Crippen molar-refractivity contribution in [2.75, 3.05) is 19.7 Å². The summed E-state index contributed by atoms with van der Waals surface area (Å²) in [6.45, 7) is 7.90. The number of nitrogens with zero attached hydrogens (tertiary/aromatic N) is 3. The Balaban J connectivity index is 1.53. The van der Waals surface area contributed by atoms with Gasteiger partial charge < -0.3 is 15.4 Å². The molecule has 9 nitrogen and oxygen atoms in total. The van der Waals surface area contributed by atoms with E-state index in [1.807, 2.05) is 73.7 Å². The summed E-state index contributed by atoms with van der Waals surface area (Å²) in [5, 5.41) is 17.6. The third-order valence-corrected chi connectivity index (χ3v) is 8.00. The summed E-state index contributed by atoms with van der Waals surface area (Å²) in [5.41, 5.74) is 3.64. The Morgan fingerprint density at radius 1 is 0.880 bits per heavy atom. The molecule has 5 rings (SSSR count). The standard InChI is InChI=1S/C41H43N5O4/c1-5-24-46(49-25-23-43-39(48)50-40(2,3)4)38(47)32-27-31-22-21-30(29-42)26-36(31)44-37(28-32)45-41(33-15-9-6-10-16-33,34-17-11-7-12-18-34)35-19-13-8-14-20-35/h6-22,26-27H,5,23-25,28H2,1-4H3,(H,43,48)(H,44,45). The van der Waals surface area contributed by atoms with Crippen molar-refractivity contribution < 1.29 is 19.2 Å². The normalized spacial score (nSPS) is 12.7. The number of amidine groups is 1. The highest BCUT2D eigenvalue weighted by Crippen LogP contribution is 2.38. The zero-order chi connectivity index (χ0) is 35.6. The molecular formula is C41H43N5O4. The van der Waals surface area contributed by atoms with Crippen molar-refractivity contribution in [3.63, 3.8) is 0 Å². The zero-order valence-electron chi connectivity index (χ0n) is 29.0. The Morgan fingerprint density at radius 2 is 1.46 bits per heavy atom. The van der Waals surface area contributed by atoms with Crippen LogP contribution in [0.5, 0.6) is 0 Å². The van der Waals surface area contributed by atoms with Crippen LogP contribution in [0, 0.1) is 11.3 Å². The molecule has 0 aromatic heterocycles. The van der Waals surface area contributed by atoms with Gasteiger partial charge in [0.1, 0.15) is 17.0 Å². The molecule has 50 heavy (non-hydrogen) atoms. The van der Waals surface area contributed by atoms with E-state index in [-0.39, 0.29) is 25.5 Å². The molecule has 0 saturated carbocycles. The first kappa shape index (κ1) is 35.6. The van der Waals surface area contributed by atoms with Crippen LogP contribution in [0.1, 0.15) is 68.4 Å². The predicted molar refractivity (Wildman–Crippen MR) is 195 cm³/mol. The molecule has 1 heterocycles. The van der Waals surface area contributed by atoms with Gasteiger partial charge in [0.2, 0.25) is 0 Å². The van der Waals surface area contributed by atoms with Crippen molar-refractivity contribution in [3.05, 3.63) is 143 Å². The summed E-state index contributed by atoms with van der Waals surface area (Å²) >= 11 is 0. The lowest BCUT2D eigenvalue weighted by Gasteiger charge is -2.38. The SMILES string of the molecule is CCCN(OCCNC(=O)OC(C)(C)C)C(=O)C1=Cc2ccc(C#N)cc2N=C(NC(c2ccccc2)(c2ccccc2)c2ccccc2)C1. The molecule has 1 aliphatic heterocycles. The molecule has 4 aromatic rings. The Morgan fingerprint density at radius 3 is 1.98 bits per heavy atom. The van der Waals surface area contributed by atoms with Gasteiger partial charge in [-0.1, -0.05) is 104 Å². The predicted octanol–water partition coefficient (Wildman–Crippen LogP) is 7.65. The van der Waals surface area contributed by atoms with Crippen molar-refractivity contribution in [2.24, 2.45) is 4.99 Å². The second-order valence-electron chi connectivity index (χ2n) is 12.9. The number of amides is 2. The van der Waals surface area contributed by atoms with Gasteiger partial charge in [-0.15, -0.1) is 0 Å². The molecule has 0 atom stereocenters. The topological polar surface area (TPSA) is 116 Å². The number of nitrogens with one attached hydrogen (secondary N) is 2. The van der Waals surface area contributed by atoms with E-state index in [4.69, 9.17) is 14.6 Å². The summed E-state index contributed by atoms with van der Waals surface area (Å²) in [6, 6.07) is 37.9. The first-order valence-corrected chi connectivity index (χ1v) is 16.8. The molecule has 0 radical (unpaired) electrons. The van der Waals surface area contributed by atoms with Crippen LogP contribution in [0.3, 0.4) is 0 Å². The molecule has 0 bridgehead atoms. The summed E-state index contributed by atoms with van der Waals surface area (Å²) in [7, 11) is 0. The lowest BCUT2D eigenvalue weighted by molar-refractivity contribution is -0.181. The van der Waals surface area contributed by atoms with E-state index >= 15 is 0 Å². The Bertz CT molecular complexity index is 1780. The number of ether oxygens (including phenoxy) is 1. The van der Waals surface area contributed by atoms with Gasteiger partial charge in [-0.25, -0.2) is 14.9 Å². The summed E-state index contributed by atoms with van der Waals surface area (Å²) in [4.78, 5) is 37.5. The van der Waals surface area contributed by atoms with Crippen LogP contribution in [0.2, 0.25) is 0 Å². The van der Waals surface area contributed by atoms with E-state index < -0.39 is 17.2 Å². The molecule has 0 unspecified atom stereocenters. The fourth-order valence-electron chi connectivity index (χ4n) is 5.85. The van der Waals surface area contributed by atoms with E-state index in [0.717, 1.165) is 16.7 Å². The molecule has 256 valence electrons. The average molecular weight is 670 g/mol. The lowest BCUT2D eigenvalue weighted by atomic mass is 9.76. The third-order valence-electron chi connectivity index (χ3n) is 8.00. The monoisotopic (exact) mass is 669 g/mol. The number of hydroxylamine groups is 2. The Kier molecular flexibility index (Phi) is 11.5. The summed E-state index contributed by atoms with van der Waals surface area (Å²) in [5.74, 6) is 0.221. The Hall–Kier alpha value is -5.72. The number of fused-ring (bicyclic) bond motifs is 1. The van der Waals surface area contributed by atoms with Crippen LogP contribution in [0.4, 0.5) is 10.5 Å². The van der Waals surface area contributed by atoms with Crippen LogP contribution in [-0.4, -0.2) is 48.2 Å². The molecule has 4 aromatic carbocycles. The van der Waals surface area contributed by atoms with Gasteiger partial charge in [0, 0.05) is 30.6 Å². The minimum atomic E-state index is -0.888. The molecule has 0 spiro atoms. The lowest BCUT2D eigenvalue weighted by Crippen LogP contribution is -2.48. The van der Waals surface area contributed by atoms with Crippen LogP contribution < -0.4 is 10.6 Å². The molecule has 1 aliphatic rings. The summed E-state index contributed by atoms with van der Waals surface area (Å²) in [6.07, 6.45) is 2.07. The quantitative estimate of drug-likeness (QED) is 0.0963. The van der Waals surface area contributed by atoms with Crippen LogP contribution in [0.25, 0.3) is 6.08 Å². The van der Waals surface area contributed by atoms with Crippen LogP contribution >= 0.6 is 0 Å². The van der Waals surface area contributed by atoms with Crippen molar-refractivity contribution in [3.8, 4) is 6.07 Å². The maximum atomic E-state index is 14.3. The molecule has 2 amide bonds. The fraction of sp³-hybridized carbons (Fsp3) is 0.268. The van der Waals surface area contributed by atoms with Gasteiger partial charge in [0.05, 0.1) is 23.9 Å². The Labute approximate surface area is 294 Å². The second-order valence-corrected chi connectivity index (χ2v) is 12.9. The average Bonchev–Trinajstić information content (AvgIpc) is 3.30. The van der Waals surface area contributed by atoms with Crippen molar-refractivity contribution in [1.29, 1.82) is 5.26 Å². The van der Waals surface area contributed by atoms with Gasteiger partial charge in [-0.05, 0) is 62.1 Å². The van der Waals surface area contributed by atoms with Crippen molar-refractivity contribution in [1.82, 2.24) is 15.7 Å². The number of rotatable bonds is 11. The van der Waals surface area contributed by atoms with E-state index in [9.17, 15) is 14.9 Å². The number of alkyl carbamates (subject to hydrolysis) is 1. The number of carbonyl (C=O) groups excluding carboxylic acids is 2. The van der Waals surface area contributed by atoms with E-state index in [2.05, 4.69) is 53.1 Å². The maximum Gasteiger partial charge on any atom is 0.407 e. The van der Waals surface area contributed by atoms with Gasteiger partial charge in [-0.3, -0.25) is 9.63 Å². The summed E-state index contributed by atoms with van der Waals surface area (Å²) < 4.78 is 5.31. The van der Waals surface area contributed by atoms with Gasteiger partial charge >= 0.3 is 6.09 Å². The highest BCUT2D eigenvalue weighted by Gasteiger charge is 2.38. The van der Waals surface area contributed by atoms with E-state index in [0.29, 0.717) is 41.2 Å². The van der Waals surface area contributed by atoms with E-state index in [1.54, 1.807) is 32.9 Å². The number of nitriles is 1. The first-order chi connectivity index (χ1) is 24.1. The minimum absolute atomic E-state index is 0.0682. The van der Waals surface area contributed by atoms with Crippen LogP contribution in [-0.2, 0) is 19.9 Å². The largest absolute Gasteiger partial charge is 0.444 e. The molecular weight excluding hydrogens is 626 g/mol. The third kappa shape index (κ3) is 8.65. The highest BCUT2D eigenvalue weighted by molar-refractivity contribution is 6.06. The number of carbonyl (C=O) groups is 2. The smallest absolute Gasteiger partial charge is 0.407 e. The van der Waals surface area contributed by atoms with Gasteiger partial charge in [0.25, 0.3) is 5.91 Å². The first-order valence-electron chi connectivity index (χ1n) is 16.8. The van der Waals surface area contributed by atoms with Crippen LogP contribution in [0.15, 0.2) is 120 Å². The molecule has 2 N–H and O–H groups in total. The number of hydrogen-bond acceptors (Lipinski definition) is 7. The maximum absolute atomic E-state index is 14.3. The van der Waals surface area contributed by atoms with Gasteiger partial charge in [-0.2, -0.15) is 5.26 Å². The molecule has 0 fully saturated rings. The van der Waals surface area contributed by atoms with Gasteiger partial charge in [0.15, 0.2) is 0 Å². The number of benzene rings is 4. The highest BCUT2D eigenvalue weighted by atomic mass is 16.7. The molecule has 0 aliphatic carbocycles. The van der Waals surface area contributed by atoms with E-state index in [1.165, 1.54) is 5.06 Å². The van der Waals surface area contributed by atoms with Crippen molar-refractivity contribution >= 4 is 29.6 Å². The number of hydrogen-bond donors (Lipinski definition) is 2. The molecule has 9 heteroatoms. The minimum Gasteiger partial charge on any atom is -0.444 e. The fourth-order valence-corrected chi connectivity index (χ4v) is 5.85. The van der Waals surface area contributed by atoms with Crippen molar-refractivity contribution in [2.45, 2.75) is 51.7 Å². The zero-order valence-corrected chi connectivity index (χ0v) is 29.0. The molecule has 0 saturated heterocycles. The second kappa shape index (κ2) is 16.1.